The van der Waals surface area contributed by atoms with E-state index in [0.717, 1.165) is 24.3 Å². The molecule has 7 nitrogen and oxygen atoms in total. The van der Waals surface area contributed by atoms with Crippen LogP contribution in [-0.2, 0) is 22.5 Å². The molecule has 2 heterocycles. The van der Waals surface area contributed by atoms with Crippen molar-refractivity contribution in [3.63, 3.8) is 0 Å². The summed E-state index contributed by atoms with van der Waals surface area (Å²) in [5, 5.41) is 9.63. The van der Waals surface area contributed by atoms with Crippen molar-refractivity contribution in [3.05, 3.63) is 70.3 Å². The Labute approximate surface area is 168 Å². The molecule has 0 spiro atoms. The zero-order valence-electron chi connectivity index (χ0n) is 16.1. The molecule has 0 atom stereocenters. The van der Waals surface area contributed by atoms with E-state index in [9.17, 15) is 9.59 Å². The number of benzene rings is 2. The predicted molar refractivity (Wildman–Crippen MR) is 111 cm³/mol. The molecular weight excluding hydrogens is 370 g/mol. The van der Waals surface area contributed by atoms with Gasteiger partial charge in [0.1, 0.15) is 5.82 Å². The monoisotopic (exact) mass is 393 g/mol. The van der Waals surface area contributed by atoms with E-state index >= 15 is 0 Å². The van der Waals surface area contributed by atoms with E-state index < -0.39 is 5.97 Å². The van der Waals surface area contributed by atoms with Crippen LogP contribution in [0.4, 0.5) is 5.69 Å². The molecule has 0 saturated carbocycles. The molecule has 1 saturated heterocycles. The van der Waals surface area contributed by atoms with Crippen LogP contribution < -0.4 is 10.5 Å². The van der Waals surface area contributed by atoms with Gasteiger partial charge in [-0.1, -0.05) is 30.3 Å². The first kappa shape index (κ1) is 19.1. The van der Waals surface area contributed by atoms with Gasteiger partial charge in [-0.15, -0.1) is 0 Å². The number of anilines is 1. The highest BCUT2D eigenvalue weighted by molar-refractivity contribution is 5.82. The molecule has 7 heteroatoms. The Morgan fingerprint density at radius 1 is 1.10 bits per heavy atom. The summed E-state index contributed by atoms with van der Waals surface area (Å²) in [5.41, 5.74) is 2.40. The standard InChI is InChI=1S/C22H23N3O4/c26-21(27)9-8-20-23-19-7-6-17(24-10-12-29-13-11-24)14-18(19)22(28)25(20)15-16-4-2-1-3-5-16/h1-7,14H,8-13,15H2,(H,26,27). The second-order valence-electron chi connectivity index (χ2n) is 7.10. The van der Waals surface area contributed by atoms with E-state index in [1.807, 2.05) is 48.5 Å². The molecule has 1 N–H and O–H groups in total. The summed E-state index contributed by atoms with van der Waals surface area (Å²) in [6.45, 7) is 3.27. The van der Waals surface area contributed by atoms with Crippen LogP contribution in [0.5, 0.6) is 0 Å². The molecule has 0 amide bonds. The zero-order valence-corrected chi connectivity index (χ0v) is 16.1. The minimum atomic E-state index is -0.909. The number of rotatable bonds is 6. The van der Waals surface area contributed by atoms with E-state index in [2.05, 4.69) is 9.88 Å². The average molecular weight is 393 g/mol. The fourth-order valence-electron chi connectivity index (χ4n) is 3.61. The van der Waals surface area contributed by atoms with Crippen LogP contribution in [-0.4, -0.2) is 46.9 Å². The molecule has 150 valence electrons. The lowest BCUT2D eigenvalue weighted by Crippen LogP contribution is -2.36. The second kappa shape index (κ2) is 8.45. The summed E-state index contributed by atoms with van der Waals surface area (Å²) < 4.78 is 7.01. The first-order valence-electron chi connectivity index (χ1n) is 9.74. The van der Waals surface area contributed by atoms with Crippen molar-refractivity contribution in [1.29, 1.82) is 0 Å². The lowest BCUT2D eigenvalue weighted by atomic mass is 10.1. The molecule has 0 radical (unpaired) electrons. The maximum atomic E-state index is 13.4. The van der Waals surface area contributed by atoms with Crippen molar-refractivity contribution in [2.75, 3.05) is 31.2 Å². The van der Waals surface area contributed by atoms with Gasteiger partial charge < -0.3 is 14.7 Å². The summed E-state index contributed by atoms with van der Waals surface area (Å²) >= 11 is 0. The Bertz CT molecular complexity index is 1070. The molecule has 1 aliphatic rings. The molecule has 29 heavy (non-hydrogen) atoms. The summed E-state index contributed by atoms with van der Waals surface area (Å²) in [6.07, 6.45) is 0.136. The van der Waals surface area contributed by atoms with Crippen LogP contribution in [0.1, 0.15) is 17.8 Å². The number of hydrogen-bond donors (Lipinski definition) is 1. The lowest BCUT2D eigenvalue weighted by Gasteiger charge is -2.29. The van der Waals surface area contributed by atoms with Crippen molar-refractivity contribution >= 4 is 22.6 Å². The fraction of sp³-hybridized carbons (Fsp3) is 0.318. The predicted octanol–water partition coefficient (Wildman–Crippen LogP) is 2.30. The number of morpholine rings is 1. The SMILES string of the molecule is O=C(O)CCc1nc2ccc(N3CCOCC3)cc2c(=O)n1Cc1ccccc1. The van der Waals surface area contributed by atoms with Gasteiger partial charge in [0.2, 0.25) is 0 Å². The number of carboxylic acid groups (broad SMARTS) is 1. The number of aromatic nitrogens is 2. The third-order valence-corrected chi connectivity index (χ3v) is 5.14. The van der Waals surface area contributed by atoms with E-state index in [1.165, 1.54) is 0 Å². The Hall–Kier alpha value is -3.19. The maximum Gasteiger partial charge on any atom is 0.303 e. The minimum absolute atomic E-state index is 0.0708. The Morgan fingerprint density at radius 2 is 1.86 bits per heavy atom. The largest absolute Gasteiger partial charge is 0.481 e. The number of ether oxygens (including phenoxy) is 1. The van der Waals surface area contributed by atoms with E-state index in [1.54, 1.807) is 4.57 Å². The van der Waals surface area contributed by atoms with Gasteiger partial charge in [0.15, 0.2) is 0 Å². The van der Waals surface area contributed by atoms with Gasteiger partial charge in [-0.2, -0.15) is 0 Å². The Balaban J connectivity index is 1.79. The summed E-state index contributed by atoms with van der Waals surface area (Å²) in [5.74, 6) is -0.416. The van der Waals surface area contributed by atoms with E-state index in [0.29, 0.717) is 36.5 Å². The first-order chi connectivity index (χ1) is 14.1. The van der Waals surface area contributed by atoms with Crippen LogP contribution in [0.15, 0.2) is 53.3 Å². The van der Waals surface area contributed by atoms with E-state index in [4.69, 9.17) is 9.84 Å². The molecule has 1 aliphatic heterocycles. The Morgan fingerprint density at radius 3 is 2.59 bits per heavy atom. The molecule has 0 aliphatic carbocycles. The number of hydrogen-bond acceptors (Lipinski definition) is 5. The number of aliphatic carboxylic acids is 1. The highest BCUT2D eigenvalue weighted by Gasteiger charge is 2.16. The smallest absolute Gasteiger partial charge is 0.303 e. The highest BCUT2D eigenvalue weighted by Crippen LogP contribution is 2.21. The average Bonchev–Trinajstić information content (AvgIpc) is 2.75. The van der Waals surface area contributed by atoms with Gasteiger partial charge in [-0.3, -0.25) is 14.2 Å². The molecule has 4 rings (SSSR count). The van der Waals surface area contributed by atoms with Crippen molar-refractivity contribution in [2.45, 2.75) is 19.4 Å². The van der Waals surface area contributed by atoms with E-state index in [-0.39, 0.29) is 18.4 Å². The summed E-state index contributed by atoms with van der Waals surface area (Å²) in [7, 11) is 0. The quantitative estimate of drug-likeness (QED) is 0.692. The summed E-state index contributed by atoms with van der Waals surface area (Å²) in [4.78, 5) is 31.3. The van der Waals surface area contributed by atoms with Crippen molar-refractivity contribution in [3.8, 4) is 0 Å². The fourth-order valence-corrected chi connectivity index (χ4v) is 3.61. The molecule has 3 aromatic rings. The number of fused-ring (bicyclic) bond motifs is 1. The van der Waals surface area contributed by atoms with Crippen molar-refractivity contribution < 1.29 is 14.6 Å². The lowest BCUT2D eigenvalue weighted by molar-refractivity contribution is -0.137. The van der Waals surface area contributed by atoms with Gasteiger partial charge in [0.25, 0.3) is 5.56 Å². The minimum Gasteiger partial charge on any atom is -0.481 e. The summed E-state index contributed by atoms with van der Waals surface area (Å²) in [6, 6.07) is 15.3. The molecule has 0 bridgehead atoms. The molecular formula is C22H23N3O4. The molecule has 1 aromatic heterocycles. The number of carbonyl (C=O) groups is 1. The van der Waals surface area contributed by atoms with Crippen LogP contribution >= 0.6 is 0 Å². The van der Waals surface area contributed by atoms with Crippen LogP contribution in [0, 0.1) is 0 Å². The topological polar surface area (TPSA) is 84.7 Å². The third-order valence-electron chi connectivity index (χ3n) is 5.14. The van der Waals surface area contributed by atoms with Crippen LogP contribution in [0.2, 0.25) is 0 Å². The Kier molecular flexibility index (Phi) is 5.57. The van der Waals surface area contributed by atoms with Crippen molar-refractivity contribution in [2.24, 2.45) is 0 Å². The number of nitrogens with zero attached hydrogens (tertiary/aromatic N) is 3. The zero-order chi connectivity index (χ0) is 20.2. The van der Waals surface area contributed by atoms with Gasteiger partial charge >= 0.3 is 5.97 Å². The second-order valence-corrected chi connectivity index (χ2v) is 7.10. The molecule has 1 fully saturated rings. The normalized spacial score (nSPS) is 14.3. The number of carboxylic acids is 1. The number of aryl methyl sites for hydroxylation is 1. The maximum absolute atomic E-state index is 13.4. The van der Waals surface area contributed by atoms with Crippen LogP contribution in [0.25, 0.3) is 10.9 Å². The highest BCUT2D eigenvalue weighted by atomic mass is 16.5. The third kappa shape index (κ3) is 4.30. The van der Waals surface area contributed by atoms with Crippen LogP contribution in [0.3, 0.4) is 0 Å². The van der Waals surface area contributed by atoms with Gasteiger partial charge in [0, 0.05) is 25.2 Å². The first-order valence-corrected chi connectivity index (χ1v) is 9.74. The molecule has 2 aromatic carbocycles. The van der Waals surface area contributed by atoms with Gasteiger partial charge in [-0.25, -0.2) is 4.98 Å². The van der Waals surface area contributed by atoms with Gasteiger partial charge in [-0.05, 0) is 23.8 Å². The van der Waals surface area contributed by atoms with Crippen molar-refractivity contribution in [1.82, 2.24) is 9.55 Å². The van der Waals surface area contributed by atoms with Gasteiger partial charge in [0.05, 0.1) is 37.1 Å². The molecule has 0 unspecified atom stereocenters.